The largest absolute Gasteiger partial charge is 0.481 e. The fourth-order valence-corrected chi connectivity index (χ4v) is 12.1. The van der Waals surface area contributed by atoms with Crippen LogP contribution in [0.15, 0.2) is 155 Å². The summed E-state index contributed by atoms with van der Waals surface area (Å²) in [7, 11) is 0. The molecule has 6 N–H and O–H groups in total. The number of ether oxygens (including phenoxy) is 3. The van der Waals surface area contributed by atoms with Crippen LogP contribution in [0.4, 0.5) is 31.4 Å². The minimum atomic E-state index is -1.22. The number of Topliss-reactive ketones (excluding diaryl/α,β-unsaturated/α-hetero) is 3. The third-order valence-electron chi connectivity index (χ3n) is 16.0. The Hall–Kier alpha value is -10.7. The lowest BCUT2D eigenvalue weighted by Gasteiger charge is -2.32. The smallest absolute Gasteiger partial charge is 0.419 e. The molecule has 0 fully saturated rings. The van der Waals surface area contributed by atoms with Gasteiger partial charge in [-0.2, -0.15) is 0 Å². The molecule has 6 aromatic carbocycles. The number of carboxylic acid groups (broad SMARTS) is 3. The number of amides is 5. The molecule has 0 radical (unpaired) electrons. The highest BCUT2D eigenvalue weighted by atomic mass is 32.2. The zero-order valence-corrected chi connectivity index (χ0v) is 56.5. The Morgan fingerprint density at radius 1 is 0.418 bits per heavy atom. The normalized spacial score (nSPS) is 13.7. The second kappa shape index (κ2) is 34.3. The SMILES string of the molecule is CCC(=O)C(CC(=O)O)NC(=O)[C@@H](OC(=O)N1Cc2ccccc2-c2ccccc21)C(C)C.CCC(=O)C(CC(=O)O)NC(=O)[C@@H](OC(=O)N1c2ccccc2Sc2ccccc21)C(C)C.CCC(=O)C(CC(=O)O)NC(=O)[C@@H](OC(=O)n1c2ccccc2c2ccccc21)C(C)C. The number of anilines is 3. The molecule has 0 spiro atoms. The molecule has 2 aliphatic rings. The van der Waals surface area contributed by atoms with E-state index in [2.05, 4.69) is 16.0 Å². The van der Waals surface area contributed by atoms with Crippen LogP contribution in [0.25, 0.3) is 32.9 Å². The first kappa shape index (κ1) is 74.7. The molecule has 25 heteroatoms. The van der Waals surface area contributed by atoms with Crippen molar-refractivity contribution in [2.45, 2.75) is 154 Å². The van der Waals surface area contributed by atoms with Crippen molar-refractivity contribution in [2.75, 3.05) is 9.80 Å². The van der Waals surface area contributed by atoms with Crippen LogP contribution in [0.3, 0.4) is 0 Å². The fraction of sp³-hybridized carbons (Fsp3) is 0.342. The molecule has 516 valence electrons. The molecule has 0 saturated heterocycles. The van der Waals surface area contributed by atoms with Crippen LogP contribution in [0.2, 0.25) is 0 Å². The highest BCUT2D eigenvalue weighted by Crippen LogP contribution is 2.48. The van der Waals surface area contributed by atoms with Crippen molar-refractivity contribution >= 4 is 122 Å². The summed E-state index contributed by atoms with van der Waals surface area (Å²) in [6, 6.07) is 41.2. The fourth-order valence-electron chi connectivity index (χ4n) is 11.0. The van der Waals surface area contributed by atoms with E-state index >= 15 is 0 Å². The number of para-hydroxylation sites is 5. The number of aliphatic carboxylic acids is 3. The molecule has 24 nitrogen and oxygen atoms in total. The van der Waals surface area contributed by atoms with Crippen LogP contribution in [0, 0.1) is 17.8 Å². The van der Waals surface area contributed by atoms with E-state index in [1.807, 2.05) is 121 Å². The number of hydrogen-bond acceptors (Lipinski definition) is 16. The topological polar surface area (TPSA) is 341 Å². The molecule has 5 amide bonds. The lowest BCUT2D eigenvalue weighted by Crippen LogP contribution is -2.50. The van der Waals surface area contributed by atoms with Crippen LogP contribution in [0.1, 0.15) is 106 Å². The molecule has 0 saturated carbocycles. The second-order valence-electron chi connectivity index (χ2n) is 24.1. The van der Waals surface area contributed by atoms with Gasteiger partial charge in [0.15, 0.2) is 35.7 Å². The Kier molecular flexibility index (Phi) is 26.2. The minimum Gasteiger partial charge on any atom is -0.481 e. The van der Waals surface area contributed by atoms with Gasteiger partial charge in [0.1, 0.15) is 0 Å². The minimum absolute atomic E-state index is 0.0728. The third-order valence-corrected chi connectivity index (χ3v) is 17.1. The number of carboxylic acids is 3. The van der Waals surface area contributed by atoms with Gasteiger partial charge in [-0.3, -0.25) is 48.1 Å². The quantitative estimate of drug-likeness (QED) is 0.0306. The molecule has 7 aromatic rings. The summed E-state index contributed by atoms with van der Waals surface area (Å²) in [6.07, 6.45) is -7.16. The van der Waals surface area contributed by atoms with E-state index in [0.717, 1.165) is 37.3 Å². The molecule has 1 aromatic heterocycles. The van der Waals surface area contributed by atoms with Gasteiger partial charge in [-0.15, -0.1) is 0 Å². The van der Waals surface area contributed by atoms with E-state index in [9.17, 15) is 57.5 Å². The average Bonchev–Trinajstić information content (AvgIpc) is 1.47. The zero-order valence-electron chi connectivity index (χ0n) is 55.7. The maximum Gasteiger partial charge on any atom is 0.419 e. The number of hydrogen-bond donors (Lipinski definition) is 6. The highest BCUT2D eigenvalue weighted by Gasteiger charge is 2.38. The Morgan fingerprint density at radius 3 is 1.15 bits per heavy atom. The molecule has 0 aliphatic carbocycles. The summed E-state index contributed by atoms with van der Waals surface area (Å²) in [5.41, 5.74) is 6.11. The predicted octanol–water partition coefficient (Wildman–Crippen LogP) is 11.9. The first-order valence-corrected chi connectivity index (χ1v) is 32.9. The first-order valence-electron chi connectivity index (χ1n) is 32.1. The van der Waals surface area contributed by atoms with Gasteiger partial charge in [0.05, 0.1) is 72.0 Å². The molecule has 0 bridgehead atoms. The van der Waals surface area contributed by atoms with Crippen LogP contribution < -0.4 is 25.8 Å². The van der Waals surface area contributed by atoms with Gasteiger partial charge >= 0.3 is 36.2 Å². The van der Waals surface area contributed by atoms with Gasteiger partial charge in [0.2, 0.25) is 0 Å². The van der Waals surface area contributed by atoms with Gasteiger partial charge in [0, 0.05) is 45.4 Å². The molecule has 3 unspecified atom stereocenters. The maximum absolute atomic E-state index is 13.3. The average molecular weight is 1360 g/mol. The van der Waals surface area contributed by atoms with Crippen molar-refractivity contribution in [2.24, 2.45) is 17.8 Å². The Labute approximate surface area is 570 Å². The summed E-state index contributed by atoms with van der Waals surface area (Å²) in [6.45, 7) is 15.3. The van der Waals surface area contributed by atoms with E-state index in [1.165, 1.54) is 26.1 Å². The molecular weight excluding hydrogens is 1280 g/mol. The van der Waals surface area contributed by atoms with Gasteiger partial charge in [-0.05, 0) is 71.3 Å². The number of nitrogens with zero attached hydrogens (tertiary/aromatic N) is 3. The van der Waals surface area contributed by atoms with Crippen molar-refractivity contribution in [1.82, 2.24) is 20.5 Å². The number of rotatable bonds is 24. The lowest BCUT2D eigenvalue weighted by molar-refractivity contribution is -0.142. The number of ketones is 3. The molecule has 6 atom stereocenters. The number of fused-ring (bicyclic) bond motifs is 8. The summed E-state index contributed by atoms with van der Waals surface area (Å²) >= 11 is 1.53. The van der Waals surface area contributed by atoms with Crippen LogP contribution in [-0.4, -0.2) is 128 Å². The molecular formula is C73H80N6O18S. The van der Waals surface area contributed by atoms with Crippen molar-refractivity contribution in [1.29, 1.82) is 0 Å². The van der Waals surface area contributed by atoms with E-state index in [1.54, 1.807) is 86.6 Å². The van der Waals surface area contributed by atoms with Gasteiger partial charge in [0.25, 0.3) is 17.7 Å². The van der Waals surface area contributed by atoms with Crippen LogP contribution >= 0.6 is 11.8 Å². The van der Waals surface area contributed by atoms with E-state index in [-0.39, 0.29) is 25.8 Å². The highest BCUT2D eigenvalue weighted by molar-refractivity contribution is 7.99. The van der Waals surface area contributed by atoms with E-state index < -0.39 is 145 Å². The Bertz CT molecular complexity index is 4050. The van der Waals surface area contributed by atoms with Gasteiger partial charge < -0.3 is 45.5 Å². The second-order valence-corrected chi connectivity index (χ2v) is 25.2. The van der Waals surface area contributed by atoms with Crippen molar-refractivity contribution < 1.29 is 87.1 Å². The number of benzene rings is 6. The summed E-state index contributed by atoms with van der Waals surface area (Å²) < 4.78 is 18.3. The van der Waals surface area contributed by atoms with Crippen LogP contribution in [0.5, 0.6) is 0 Å². The number of carbonyl (C=O) groups is 12. The van der Waals surface area contributed by atoms with E-state index in [0.29, 0.717) is 28.1 Å². The molecule has 2 aliphatic heterocycles. The lowest BCUT2D eigenvalue weighted by atomic mass is 9.94. The van der Waals surface area contributed by atoms with Crippen LogP contribution in [-0.2, 0) is 63.9 Å². The molecule has 3 heterocycles. The summed E-state index contributed by atoms with van der Waals surface area (Å²) in [4.78, 5) is 153. The monoisotopic (exact) mass is 1360 g/mol. The molecule has 9 rings (SSSR count). The number of aromatic nitrogens is 1. The van der Waals surface area contributed by atoms with Gasteiger partial charge in [-0.1, -0.05) is 177 Å². The zero-order chi connectivity index (χ0) is 71.7. The van der Waals surface area contributed by atoms with Crippen molar-refractivity contribution in [3.05, 3.63) is 151 Å². The van der Waals surface area contributed by atoms with Gasteiger partial charge in [-0.25, -0.2) is 23.9 Å². The van der Waals surface area contributed by atoms with Crippen molar-refractivity contribution in [3.8, 4) is 11.1 Å². The standard InChI is InChI=1S/C25H28N2O6.C24H26N2O6S.C24H26N2O6/c1-4-21(28)19(13-22(29)30)26-24(31)23(15(2)3)33-25(32)27-14-16-9-5-6-10-17(16)18-11-7-8-12-20(18)27;1-4-18(27)15(13-21(28)29)25-23(30)22(14(2)3)32-24(31)26-16-9-5-7-11-19(16)33-20-12-8-6-10-17(20)26;1-4-20(27)17(13-21(28)29)25-23(30)22(14(2)3)32-24(31)26-18-11-7-5-9-15(18)16-10-6-8-12-19(16)26/h5-12,15,19,23H,4,13-14H2,1-3H3,(H,26,31)(H,29,30);5-12,14-15,22H,4,13H2,1-3H3,(H,25,30)(H,28,29);5-12,14,17,22H,4,13H2,1-3H3,(H,25,30)(H,28,29)/t19?,23-;15?,22-;17?,22-/m000/s1. The predicted molar refractivity (Wildman–Crippen MR) is 366 cm³/mol. The maximum atomic E-state index is 13.3. The summed E-state index contributed by atoms with van der Waals surface area (Å²) in [5, 5.41) is 36.4. The Morgan fingerprint density at radius 2 is 0.755 bits per heavy atom. The van der Waals surface area contributed by atoms with E-state index in [4.69, 9.17) is 29.5 Å². The Balaban J connectivity index is 0.000000207. The van der Waals surface area contributed by atoms with Crippen molar-refractivity contribution in [3.63, 3.8) is 0 Å². The third kappa shape index (κ3) is 18.4. The molecule has 98 heavy (non-hydrogen) atoms. The first-order chi connectivity index (χ1) is 46.7. The number of nitrogens with one attached hydrogen (secondary N) is 3. The summed E-state index contributed by atoms with van der Waals surface area (Å²) in [5.74, 6) is -8.17. The number of carbonyl (C=O) groups excluding carboxylic acids is 9.